The van der Waals surface area contributed by atoms with Gasteiger partial charge in [-0.1, -0.05) is 203 Å². The number of benzene rings is 2. The van der Waals surface area contributed by atoms with Gasteiger partial charge in [-0.3, -0.25) is 0 Å². The number of hydrogen-bond acceptors (Lipinski definition) is 1. The summed E-state index contributed by atoms with van der Waals surface area (Å²) in [6, 6.07) is 22.4. The number of rotatable bonds is 27. The molecule has 0 aliphatic rings. The van der Waals surface area contributed by atoms with E-state index >= 15 is 0 Å². The minimum Gasteiger partial charge on any atom is -0.335 e. The molecule has 1 aromatic heterocycles. The molecule has 2 unspecified atom stereocenters. The molecule has 0 fully saturated rings. The quantitative estimate of drug-likeness (QED) is 0.0783. The molecule has 0 amide bonds. The number of aromatic nitrogens is 2. The van der Waals surface area contributed by atoms with Crippen molar-refractivity contribution in [2.75, 3.05) is 0 Å². The van der Waals surface area contributed by atoms with Crippen molar-refractivity contribution in [1.82, 2.24) is 9.55 Å². The molecule has 3 aromatic rings. The van der Waals surface area contributed by atoms with Crippen molar-refractivity contribution in [1.29, 1.82) is 0 Å². The van der Waals surface area contributed by atoms with Gasteiger partial charge < -0.3 is 4.57 Å². The van der Waals surface area contributed by atoms with E-state index in [-0.39, 0.29) is 5.41 Å². The van der Waals surface area contributed by atoms with Crippen LogP contribution in [0.2, 0.25) is 0 Å². The fraction of sp³-hybridized carbons (Fsp3) is 0.651. The molecular weight excluding hydrogens is 544 g/mol. The van der Waals surface area contributed by atoms with Gasteiger partial charge in [-0.05, 0) is 30.4 Å². The summed E-state index contributed by atoms with van der Waals surface area (Å²) >= 11 is 0. The van der Waals surface area contributed by atoms with E-state index < -0.39 is 0 Å². The van der Waals surface area contributed by atoms with Gasteiger partial charge >= 0.3 is 0 Å². The number of hydrogen-bond donors (Lipinski definition) is 0. The van der Waals surface area contributed by atoms with Gasteiger partial charge in [-0.15, -0.1) is 0 Å². The number of imidazole rings is 1. The highest BCUT2D eigenvalue weighted by Crippen LogP contribution is 2.44. The van der Waals surface area contributed by atoms with Crippen LogP contribution >= 0.6 is 0 Å². The Morgan fingerprint density at radius 3 is 1.58 bits per heavy atom. The molecule has 2 aromatic carbocycles. The van der Waals surface area contributed by atoms with Gasteiger partial charge in [0.2, 0.25) is 0 Å². The third-order valence-electron chi connectivity index (χ3n) is 10.3. The largest absolute Gasteiger partial charge is 0.335 e. The van der Waals surface area contributed by atoms with Crippen molar-refractivity contribution in [3.05, 3.63) is 90.0 Å². The van der Waals surface area contributed by atoms with Gasteiger partial charge in [-0.2, -0.15) is 0 Å². The topological polar surface area (TPSA) is 17.8 Å². The summed E-state index contributed by atoms with van der Waals surface area (Å²) in [5.41, 5.74) is 2.83. The second-order valence-corrected chi connectivity index (χ2v) is 14.1. The summed E-state index contributed by atoms with van der Waals surface area (Å²) in [6.07, 6.45) is 34.4. The zero-order chi connectivity index (χ0) is 31.8. The molecule has 0 spiro atoms. The normalized spacial score (nSPS) is 13.6. The van der Waals surface area contributed by atoms with Crippen molar-refractivity contribution < 1.29 is 0 Å². The Labute approximate surface area is 278 Å². The fourth-order valence-electron chi connectivity index (χ4n) is 7.42. The van der Waals surface area contributed by atoms with Crippen molar-refractivity contribution in [2.24, 2.45) is 0 Å². The number of unbranched alkanes of at least 4 members (excludes halogenated alkanes) is 18. The summed E-state index contributed by atoms with van der Waals surface area (Å²) in [5.74, 6) is 1.68. The lowest BCUT2D eigenvalue weighted by Crippen LogP contribution is -2.35. The van der Waals surface area contributed by atoms with Crippen LogP contribution in [0.25, 0.3) is 0 Å². The fourth-order valence-corrected chi connectivity index (χ4v) is 7.42. The van der Waals surface area contributed by atoms with Crippen LogP contribution in [-0.2, 0) is 18.4 Å². The van der Waals surface area contributed by atoms with E-state index in [2.05, 4.69) is 98.4 Å². The van der Waals surface area contributed by atoms with Gasteiger partial charge in [0.25, 0.3) is 0 Å². The first kappa shape index (κ1) is 37.1. The van der Waals surface area contributed by atoms with Crippen LogP contribution in [0.15, 0.2) is 73.1 Å². The third-order valence-corrected chi connectivity index (χ3v) is 10.3. The molecule has 0 saturated carbocycles. The minimum atomic E-state index is -0.0201. The summed E-state index contributed by atoms with van der Waals surface area (Å²) in [5, 5.41) is 0. The first-order chi connectivity index (χ1) is 22.2. The van der Waals surface area contributed by atoms with Gasteiger partial charge in [-0.25, -0.2) is 4.98 Å². The number of aryl methyl sites for hydroxylation is 1. The van der Waals surface area contributed by atoms with E-state index in [0.717, 1.165) is 13.0 Å². The van der Waals surface area contributed by atoms with E-state index in [0.29, 0.717) is 5.92 Å². The van der Waals surface area contributed by atoms with Crippen LogP contribution in [0.5, 0.6) is 0 Å². The van der Waals surface area contributed by atoms with Crippen LogP contribution in [0.1, 0.15) is 178 Å². The molecule has 1 heterocycles. The first-order valence-electron chi connectivity index (χ1n) is 19.3. The number of nitrogens with zero attached hydrogens (tertiary/aromatic N) is 2. The van der Waals surface area contributed by atoms with Gasteiger partial charge in [0.05, 0.1) is 0 Å². The van der Waals surface area contributed by atoms with E-state index in [9.17, 15) is 0 Å². The lowest BCUT2D eigenvalue weighted by molar-refractivity contribution is 0.322. The Morgan fingerprint density at radius 1 is 0.578 bits per heavy atom. The van der Waals surface area contributed by atoms with Crippen molar-refractivity contribution in [3.8, 4) is 0 Å². The predicted molar refractivity (Wildman–Crippen MR) is 197 cm³/mol. The SMILES string of the molecule is CCCCCCCCCCCCCCCCCCCn1ccnc1C(CCCCC)C(C)(Cc1ccccc1)c1ccccc1. The molecule has 3 rings (SSSR count). The lowest BCUT2D eigenvalue weighted by atomic mass is 9.66. The highest BCUT2D eigenvalue weighted by Gasteiger charge is 2.39. The first-order valence-corrected chi connectivity index (χ1v) is 19.3. The molecule has 0 radical (unpaired) electrons. The molecule has 2 heteroatoms. The maximum Gasteiger partial charge on any atom is 0.112 e. The molecule has 0 N–H and O–H groups in total. The molecule has 0 saturated heterocycles. The Kier molecular flexibility index (Phi) is 19.0. The Bertz CT molecular complexity index is 1090. The molecule has 0 aliphatic carbocycles. The summed E-state index contributed by atoms with van der Waals surface area (Å²) in [7, 11) is 0. The van der Waals surface area contributed by atoms with Crippen LogP contribution in [0.3, 0.4) is 0 Å². The van der Waals surface area contributed by atoms with Crippen molar-refractivity contribution >= 4 is 0 Å². The van der Waals surface area contributed by atoms with E-state index in [1.807, 2.05) is 0 Å². The molecule has 250 valence electrons. The average Bonchev–Trinajstić information content (AvgIpc) is 3.53. The predicted octanol–water partition coefficient (Wildman–Crippen LogP) is 13.4. The highest BCUT2D eigenvalue weighted by atomic mass is 15.1. The maximum atomic E-state index is 5.09. The van der Waals surface area contributed by atoms with Crippen LogP contribution in [0.4, 0.5) is 0 Å². The van der Waals surface area contributed by atoms with Gasteiger partial charge in [0, 0.05) is 30.3 Å². The summed E-state index contributed by atoms with van der Waals surface area (Å²) in [6.45, 7) is 8.21. The van der Waals surface area contributed by atoms with E-state index in [4.69, 9.17) is 4.98 Å². The molecule has 0 aliphatic heterocycles. The van der Waals surface area contributed by atoms with Gasteiger partial charge in [0.1, 0.15) is 5.82 Å². The van der Waals surface area contributed by atoms with Crippen LogP contribution in [0, 0.1) is 0 Å². The Balaban J connectivity index is 1.44. The standard InChI is InChI=1S/C43H68N2/c1-4-6-8-9-10-11-12-13-14-15-16-17-18-19-20-21-29-36-45-37-35-44-42(45)41(34-24-7-5-2)43(3,40-32-27-23-28-33-40)38-39-30-25-22-26-31-39/h22-23,25-28,30-33,35,37,41H,4-21,24,29,34,36,38H2,1-3H3. The van der Waals surface area contributed by atoms with E-state index in [1.54, 1.807) is 0 Å². The molecule has 2 nitrogen and oxygen atoms in total. The molecule has 2 atom stereocenters. The van der Waals surface area contributed by atoms with Gasteiger partial charge in [0.15, 0.2) is 0 Å². The molecular formula is C43H68N2. The maximum absolute atomic E-state index is 5.09. The highest BCUT2D eigenvalue weighted by molar-refractivity contribution is 5.33. The Hall–Kier alpha value is -2.35. The van der Waals surface area contributed by atoms with Crippen LogP contribution in [-0.4, -0.2) is 9.55 Å². The summed E-state index contributed by atoms with van der Waals surface area (Å²) in [4.78, 5) is 5.09. The second-order valence-electron chi connectivity index (χ2n) is 14.1. The molecule has 0 bridgehead atoms. The Morgan fingerprint density at radius 2 is 1.04 bits per heavy atom. The second kappa shape index (κ2) is 23.0. The minimum absolute atomic E-state index is 0.0201. The van der Waals surface area contributed by atoms with Crippen molar-refractivity contribution in [3.63, 3.8) is 0 Å². The average molecular weight is 613 g/mol. The lowest BCUT2D eigenvalue weighted by Gasteiger charge is -2.39. The monoisotopic (exact) mass is 613 g/mol. The third kappa shape index (κ3) is 13.9. The van der Waals surface area contributed by atoms with E-state index in [1.165, 1.54) is 152 Å². The zero-order valence-electron chi connectivity index (χ0n) is 29.7. The van der Waals surface area contributed by atoms with Crippen molar-refractivity contribution in [2.45, 2.75) is 180 Å². The van der Waals surface area contributed by atoms with Crippen LogP contribution < -0.4 is 0 Å². The summed E-state index contributed by atoms with van der Waals surface area (Å²) < 4.78 is 2.51. The molecule has 45 heavy (non-hydrogen) atoms. The zero-order valence-corrected chi connectivity index (χ0v) is 29.7. The smallest absolute Gasteiger partial charge is 0.112 e.